The molecule has 1 atom stereocenters. The molecular weight excluding hydrogens is 224 g/mol. The molecule has 1 rings (SSSR count). The number of nitrogens with one attached hydrogen (secondary N) is 1. The van der Waals surface area contributed by atoms with Crippen molar-refractivity contribution in [2.75, 3.05) is 11.5 Å². The Morgan fingerprint density at radius 3 is 2.56 bits per heavy atom. The predicted octanol–water partition coefficient (Wildman–Crippen LogP) is 1.22. The van der Waals surface area contributed by atoms with Crippen LogP contribution in [0.2, 0.25) is 0 Å². The van der Waals surface area contributed by atoms with E-state index < -0.39 is 9.84 Å². The van der Waals surface area contributed by atoms with E-state index in [0.717, 1.165) is 25.2 Å². The highest BCUT2D eigenvalue weighted by Gasteiger charge is 2.21. The van der Waals surface area contributed by atoms with Crippen LogP contribution in [0.5, 0.6) is 0 Å². The van der Waals surface area contributed by atoms with Gasteiger partial charge in [0, 0.05) is 11.8 Å². The SMILES string of the molecule is CCS(=O)(=O)CCCC(CC1CCC1)NN. The fraction of sp³-hybridized carbons (Fsp3) is 1.00. The van der Waals surface area contributed by atoms with E-state index in [-0.39, 0.29) is 11.8 Å². The second-order valence-corrected chi connectivity index (χ2v) is 7.25. The molecule has 0 amide bonds. The van der Waals surface area contributed by atoms with Gasteiger partial charge < -0.3 is 0 Å². The molecule has 0 spiro atoms. The molecule has 0 heterocycles. The molecule has 3 N–H and O–H groups in total. The van der Waals surface area contributed by atoms with E-state index in [0.29, 0.717) is 5.75 Å². The maximum Gasteiger partial charge on any atom is 0.150 e. The molecular formula is C11H24N2O2S. The molecule has 1 saturated carbocycles. The third-order valence-electron chi connectivity index (χ3n) is 3.53. The first-order valence-electron chi connectivity index (χ1n) is 6.24. The summed E-state index contributed by atoms with van der Waals surface area (Å²) >= 11 is 0. The highest BCUT2D eigenvalue weighted by atomic mass is 32.2. The van der Waals surface area contributed by atoms with E-state index in [1.54, 1.807) is 6.92 Å². The van der Waals surface area contributed by atoms with Crippen molar-refractivity contribution in [3.05, 3.63) is 0 Å². The molecule has 0 aromatic carbocycles. The Balaban J connectivity index is 2.18. The van der Waals surface area contributed by atoms with Gasteiger partial charge in [0.1, 0.15) is 9.84 Å². The van der Waals surface area contributed by atoms with Crippen LogP contribution < -0.4 is 11.3 Å². The van der Waals surface area contributed by atoms with Crippen LogP contribution in [-0.2, 0) is 9.84 Å². The van der Waals surface area contributed by atoms with Crippen molar-refractivity contribution in [3.8, 4) is 0 Å². The normalized spacial score (nSPS) is 19.4. The van der Waals surface area contributed by atoms with Gasteiger partial charge in [0.25, 0.3) is 0 Å². The van der Waals surface area contributed by atoms with Crippen LogP contribution in [0, 0.1) is 5.92 Å². The maximum absolute atomic E-state index is 11.3. The molecule has 0 aromatic rings. The van der Waals surface area contributed by atoms with E-state index >= 15 is 0 Å². The highest BCUT2D eigenvalue weighted by molar-refractivity contribution is 7.91. The Bertz CT molecular complexity index is 286. The van der Waals surface area contributed by atoms with Crippen LogP contribution in [0.3, 0.4) is 0 Å². The molecule has 5 heteroatoms. The summed E-state index contributed by atoms with van der Waals surface area (Å²) < 4.78 is 22.6. The average Bonchev–Trinajstić information content (AvgIpc) is 2.20. The third-order valence-corrected chi connectivity index (χ3v) is 5.32. The van der Waals surface area contributed by atoms with Crippen molar-refractivity contribution in [2.45, 2.75) is 51.5 Å². The van der Waals surface area contributed by atoms with Gasteiger partial charge in [-0.15, -0.1) is 0 Å². The van der Waals surface area contributed by atoms with Gasteiger partial charge in [0.2, 0.25) is 0 Å². The van der Waals surface area contributed by atoms with Gasteiger partial charge in [-0.1, -0.05) is 26.2 Å². The second kappa shape index (κ2) is 6.57. The summed E-state index contributed by atoms with van der Waals surface area (Å²) in [5.41, 5.74) is 2.81. The van der Waals surface area contributed by atoms with Gasteiger partial charge in [0.05, 0.1) is 5.75 Å². The van der Waals surface area contributed by atoms with Gasteiger partial charge in [-0.3, -0.25) is 11.3 Å². The van der Waals surface area contributed by atoms with Gasteiger partial charge in [-0.25, -0.2) is 8.42 Å². The number of sulfone groups is 1. The molecule has 1 fully saturated rings. The summed E-state index contributed by atoms with van der Waals surface area (Å²) in [4.78, 5) is 0. The molecule has 0 saturated heterocycles. The summed E-state index contributed by atoms with van der Waals surface area (Å²) in [5.74, 6) is 6.84. The monoisotopic (exact) mass is 248 g/mol. The molecule has 0 aromatic heterocycles. The Kier molecular flexibility index (Phi) is 5.72. The van der Waals surface area contributed by atoms with Gasteiger partial charge >= 0.3 is 0 Å². The molecule has 0 bridgehead atoms. The largest absolute Gasteiger partial charge is 0.271 e. The van der Waals surface area contributed by atoms with Crippen molar-refractivity contribution in [2.24, 2.45) is 11.8 Å². The van der Waals surface area contributed by atoms with Crippen molar-refractivity contribution >= 4 is 9.84 Å². The van der Waals surface area contributed by atoms with Crippen LogP contribution >= 0.6 is 0 Å². The first kappa shape index (κ1) is 13.9. The average molecular weight is 248 g/mol. The van der Waals surface area contributed by atoms with Gasteiger partial charge in [-0.05, 0) is 25.2 Å². The molecule has 1 aliphatic carbocycles. The number of hydrazine groups is 1. The lowest BCUT2D eigenvalue weighted by Gasteiger charge is -2.29. The Morgan fingerprint density at radius 2 is 2.12 bits per heavy atom. The molecule has 1 unspecified atom stereocenters. The second-order valence-electron chi connectivity index (χ2n) is 4.77. The zero-order valence-electron chi connectivity index (χ0n) is 10.1. The fourth-order valence-electron chi connectivity index (χ4n) is 2.09. The summed E-state index contributed by atoms with van der Waals surface area (Å²) in [6.07, 6.45) is 6.65. The van der Waals surface area contributed by atoms with Crippen molar-refractivity contribution in [1.29, 1.82) is 0 Å². The number of hydrogen-bond donors (Lipinski definition) is 2. The summed E-state index contributed by atoms with van der Waals surface area (Å²) in [6, 6.07) is 0.289. The van der Waals surface area contributed by atoms with Crippen molar-refractivity contribution < 1.29 is 8.42 Å². The van der Waals surface area contributed by atoms with E-state index in [4.69, 9.17) is 5.84 Å². The third kappa shape index (κ3) is 4.80. The molecule has 0 aliphatic heterocycles. The van der Waals surface area contributed by atoms with Gasteiger partial charge in [0.15, 0.2) is 0 Å². The Labute approximate surface area is 98.9 Å². The fourth-order valence-corrected chi connectivity index (χ4v) is 2.99. The van der Waals surface area contributed by atoms with Crippen LogP contribution in [0.25, 0.3) is 0 Å². The lowest BCUT2D eigenvalue weighted by Crippen LogP contribution is -2.38. The number of hydrogen-bond acceptors (Lipinski definition) is 4. The predicted molar refractivity (Wildman–Crippen MR) is 66.6 cm³/mol. The van der Waals surface area contributed by atoms with Crippen LogP contribution in [0.4, 0.5) is 0 Å². The van der Waals surface area contributed by atoms with Crippen molar-refractivity contribution in [1.82, 2.24) is 5.43 Å². The topological polar surface area (TPSA) is 72.2 Å². The van der Waals surface area contributed by atoms with E-state index in [9.17, 15) is 8.42 Å². The molecule has 1 aliphatic rings. The van der Waals surface area contributed by atoms with Gasteiger partial charge in [-0.2, -0.15) is 0 Å². The van der Waals surface area contributed by atoms with E-state index in [1.807, 2.05) is 0 Å². The Hall–Kier alpha value is -0.130. The summed E-state index contributed by atoms with van der Waals surface area (Å²) in [5, 5.41) is 0. The molecule has 0 radical (unpaired) electrons. The maximum atomic E-state index is 11.3. The van der Waals surface area contributed by atoms with Crippen LogP contribution in [0.1, 0.15) is 45.4 Å². The molecule has 16 heavy (non-hydrogen) atoms. The zero-order chi connectivity index (χ0) is 12.0. The minimum absolute atomic E-state index is 0.246. The first-order chi connectivity index (χ1) is 7.57. The smallest absolute Gasteiger partial charge is 0.150 e. The lowest BCUT2D eigenvalue weighted by molar-refractivity contribution is 0.254. The minimum atomic E-state index is -2.81. The van der Waals surface area contributed by atoms with E-state index in [2.05, 4.69) is 5.43 Å². The molecule has 4 nitrogen and oxygen atoms in total. The van der Waals surface area contributed by atoms with Crippen molar-refractivity contribution in [3.63, 3.8) is 0 Å². The zero-order valence-corrected chi connectivity index (χ0v) is 10.9. The quantitative estimate of drug-likeness (QED) is 0.500. The number of rotatable bonds is 8. The summed E-state index contributed by atoms with van der Waals surface area (Å²) in [6.45, 7) is 1.70. The van der Waals surface area contributed by atoms with Crippen LogP contribution in [0.15, 0.2) is 0 Å². The van der Waals surface area contributed by atoms with E-state index in [1.165, 1.54) is 19.3 Å². The summed E-state index contributed by atoms with van der Waals surface area (Å²) in [7, 11) is -2.81. The lowest BCUT2D eigenvalue weighted by atomic mass is 9.80. The standard InChI is InChI=1S/C11H24N2O2S/c1-2-16(14,15)8-4-7-11(13-12)9-10-5-3-6-10/h10-11,13H,2-9,12H2,1H3. The molecule has 96 valence electrons. The first-order valence-corrected chi connectivity index (χ1v) is 8.06. The minimum Gasteiger partial charge on any atom is -0.271 e. The van der Waals surface area contributed by atoms with Crippen LogP contribution in [-0.4, -0.2) is 26.0 Å². The highest BCUT2D eigenvalue weighted by Crippen LogP contribution is 2.31. The Morgan fingerprint density at radius 1 is 1.44 bits per heavy atom. The number of nitrogens with two attached hydrogens (primary N) is 1.